The van der Waals surface area contributed by atoms with Gasteiger partial charge in [0.25, 0.3) is 0 Å². The van der Waals surface area contributed by atoms with Crippen molar-refractivity contribution in [1.29, 1.82) is 5.26 Å². The summed E-state index contributed by atoms with van der Waals surface area (Å²) in [5.74, 6) is -0.291. The molecule has 1 aromatic heterocycles. The van der Waals surface area contributed by atoms with Crippen molar-refractivity contribution in [2.75, 3.05) is 0 Å². The van der Waals surface area contributed by atoms with Crippen molar-refractivity contribution in [3.63, 3.8) is 0 Å². The van der Waals surface area contributed by atoms with Crippen molar-refractivity contribution < 1.29 is 4.39 Å². The van der Waals surface area contributed by atoms with E-state index >= 15 is 0 Å². The van der Waals surface area contributed by atoms with E-state index in [0.29, 0.717) is 24.2 Å². The third kappa shape index (κ3) is 3.09. The molecule has 0 saturated heterocycles. The highest BCUT2D eigenvalue weighted by atomic mass is 32.1. The van der Waals surface area contributed by atoms with Crippen LogP contribution in [0.2, 0.25) is 0 Å². The Hall–Kier alpha value is -1.77. The molecule has 0 radical (unpaired) electrons. The topological polar surface area (TPSA) is 48.7 Å². The number of nitriles is 1. The molecule has 0 saturated carbocycles. The minimum atomic E-state index is -0.291. The Kier molecular flexibility index (Phi) is 3.81. The molecule has 86 valence electrons. The fourth-order valence-corrected chi connectivity index (χ4v) is 1.99. The maximum Gasteiger partial charge on any atom is 0.127 e. The van der Waals surface area contributed by atoms with E-state index in [9.17, 15) is 4.39 Å². The molecule has 0 fully saturated rings. The second kappa shape index (κ2) is 5.53. The molecule has 2 rings (SSSR count). The van der Waals surface area contributed by atoms with Gasteiger partial charge in [-0.05, 0) is 18.2 Å². The fourth-order valence-electron chi connectivity index (χ4n) is 1.43. The number of hydrogen-bond acceptors (Lipinski definition) is 4. The van der Waals surface area contributed by atoms with Crippen LogP contribution in [0, 0.1) is 17.1 Å². The maximum absolute atomic E-state index is 13.4. The Morgan fingerprint density at radius 2 is 2.29 bits per heavy atom. The quantitative estimate of drug-likeness (QED) is 0.902. The van der Waals surface area contributed by atoms with Crippen molar-refractivity contribution in [1.82, 2.24) is 10.3 Å². The van der Waals surface area contributed by atoms with E-state index in [1.54, 1.807) is 29.1 Å². The number of halogens is 1. The van der Waals surface area contributed by atoms with Gasteiger partial charge in [0.1, 0.15) is 5.82 Å². The van der Waals surface area contributed by atoms with Gasteiger partial charge in [0.2, 0.25) is 0 Å². The van der Waals surface area contributed by atoms with Crippen LogP contribution in [0.4, 0.5) is 4.39 Å². The minimum Gasteiger partial charge on any atom is -0.308 e. The zero-order chi connectivity index (χ0) is 12.1. The van der Waals surface area contributed by atoms with Gasteiger partial charge in [0.05, 0.1) is 17.1 Å². The summed E-state index contributed by atoms with van der Waals surface area (Å²) in [6, 6.07) is 6.36. The molecule has 1 aromatic carbocycles. The van der Waals surface area contributed by atoms with Gasteiger partial charge >= 0.3 is 0 Å². The third-order valence-corrected chi connectivity index (χ3v) is 3.05. The molecule has 5 heteroatoms. The van der Waals surface area contributed by atoms with Crippen molar-refractivity contribution in [2.24, 2.45) is 0 Å². The Labute approximate surface area is 103 Å². The average Bonchev–Trinajstić information content (AvgIpc) is 2.84. The standard InChI is InChI=1S/C12H10FN3S/c13-12-2-1-9(4-14)3-10(12)5-15-6-11-7-16-8-17-11/h1-3,7-8,15H,5-6H2. The second-order valence-corrected chi connectivity index (χ2v) is 4.46. The first-order valence-electron chi connectivity index (χ1n) is 5.06. The number of nitrogens with one attached hydrogen (secondary N) is 1. The summed E-state index contributed by atoms with van der Waals surface area (Å²) in [6.45, 7) is 1.06. The predicted molar refractivity (Wildman–Crippen MR) is 63.8 cm³/mol. The highest BCUT2D eigenvalue weighted by Crippen LogP contribution is 2.11. The molecule has 17 heavy (non-hydrogen) atoms. The van der Waals surface area contributed by atoms with Gasteiger partial charge < -0.3 is 5.32 Å². The van der Waals surface area contributed by atoms with E-state index in [1.165, 1.54) is 12.1 Å². The molecule has 0 amide bonds. The lowest BCUT2D eigenvalue weighted by Gasteiger charge is -2.05. The molecule has 0 unspecified atom stereocenters. The highest BCUT2D eigenvalue weighted by molar-refractivity contribution is 7.09. The summed E-state index contributed by atoms with van der Waals surface area (Å²) < 4.78 is 13.4. The summed E-state index contributed by atoms with van der Waals surface area (Å²) in [5.41, 5.74) is 2.74. The van der Waals surface area contributed by atoms with Crippen LogP contribution in [-0.2, 0) is 13.1 Å². The summed E-state index contributed by atoms with van der Waals surface area (Å²) in [5, 5.41) is 11.8. The van der Waals surface area contributed by atoms with Gasteiger partial charge in [-0.3, -0.25) is 4.98 Å². The van der Waals surface area contributed by atoms with Crippen LogP contribution in [-0.4, -0.2) is 4.98 Å². The van der Waals surface area contributed by atoms with Crippen molar-refractivity contribution >= 4 is 11.3 Å². The number of nitrogens with zero attached hydrogens (tertiary/aromatic N) is 2. The van der Waals surface area contributed by atoms with Gasteiger partial charge in [0.15, 0.2) is 0 Å². The lowest BCUT2D eigenvalue weighted by molar-refractivity contribution is 0.588. The highest BCUT2D eigenvalue weighted by Gasteiger charge is 2.03. The van der Waals surface area contributed by atoms with Crippen LogP contribution in [0.1, 0.15) is 16.0 Å². The molecule has 0 aliphatic rings. The molecule has 0 aliphatic heterocycles. The first kappa shape index (κ1) is 11.7. The smallest absolute Gasteiger partial charge is 0.127 e. The van der Waals surface area contributed by atoms with Crippen LogP contribution >= 0.6 is 11.3 Å². The van der Waals surface area contributed by atoms with E-state index in [2.05, 4.69) is 10.3 Å². The summed E-state index contributed by atoms with van der Waals surface area (Å²) in [4.78, 5) is 5.05. The summed E-state index contributed by atoms with van der Waals surface area (Å²) in [6.07, 6.45) is 1.78. The zero-order valence-electron chi connectivity index (χ0n) is 8.98. The molecule has 0 aliphatic carbocycles. The Morgan fingerprint density at radius 1 is 1.41 bits per heavy atom. The Balaban J connectivity index is 1.97. The van der Waals surface area contributed by atoms with E-state index in [1.807, 2.05) is 6.07 Å². The van der Waals surface area contributed by atoms with Gasteiger partial charge in [0, 0.05) is 29.7 Å². The van der Waals surface area contributed by atoms with E-state index in [-0.39, 0.29) is 5.82 Å². The van der Waals surface area contributed by atoms with Crippen molar-refractivity contribution in [3.8, 4) is 6.07 Å². The SMILES string of the molecule is N#Cc1ccc(F)c(CNCc2cncs2)c1. The van der Waals surface area contributed by atoms with Gasteiger partial charge in [-0.15, -0.1) is 11.3 Å². The van der Waals surface area contributed by atoms with Crippen LogP contribution in [0.5, 0.6) is 0 Å². The number of thiazole rings is 1. The number of aromatic nitrogens is 1. The van der Waals surface area contributed by atoms with Gasteiger partial charge in [-0.2, -0.15) is 5.26 Å². The molecule has 2 aromatic rings. The van der Waals surface area contributed by atoms with Crippen LogP contribution in [0.25, 0.3) is 0 Å². The molecule has 1 heterocycles. The van der Waals surface area contributed by atoms with E-state index in [4.69, 9.17) is 5.26 Å². The molecule has 0 atom stereocenters. The summed E-state index contributed by atoms with van der Waals surface area (Å²) in [7, 11) is 0. The summed E-state index contributed by atoms with van der Waals surface area (Å²) >= 11 is 1.55. The zero-order valence-corrected chi connectivity index (χ0v) is 9.80. The monoisotopic (exact) mass is 247 g/mol. The molecule has 0 bridgehead atoms. The first-order chi connectivity index (χ1) is 8.29. The second-order valence-electron chi connectivity index (χ2n) is 3.49. The Morgan fingerprint density at radius 3 is 3.00 bits per heavy atom. The third-order valence-electron chi connectivity index (χ3n) is 2.27. The van der Waals surface area contributed by atoms with Crippen LogP contribution < -0.4 is 5.32 Å². The molecule has 1 N–H and O–H groups in total. The molecule has 3 nitrogen and oxygen atoms in total. The fraction of sp³-hybridized carbons (Fsp3) is 0.167. The van der Waals surface area contributed by atoms with E-state index in [0.717, 1.165) is 4.88 Å². The van der Waals surface area contributed by atoms with Gasteiger partial charge in [-0.1, -0.05) is 0 Å². The predicted octanol–water partition coefficient (Wildman–Crippen LogP) is 2.44. The van der Waals surface area contributed by atoms with Crippen LogP contribution in [0.15, 0.2) is 29.9 Å². The lowest BCUT2D eigenvalue weighted by Crippen LogP contribution is -2.13. The number of benzene rings is 1. The molecule has 0 spiro atoms. The largest absolute Gasteiger partial charge is 0.308 e. The molecular formula is C12H10FN3S. The van der Waals surface area contributed by atoms with Crippen LogP contribution in [0.3, 0.4) is 0 Å². The molecular weight excluding hydrogens is 237 g/mol. The average molecular weight is 247 g/mol. The van der Waals surface area contributed by atoms with Crippen molar-refractivity contribution in [3.05, 3.63) is 51.7 Å². The maximum atomic E-state index is 13.4. The minimum absolute atomic E-state index is 0.291. The first-order valence-corrected chi connectivity index (χ1v) is 5.94. The lowest BCUT2D eigenvalue weighted by atomic mass is 10.1. The number of hydrogen-bond donors (Lipinski definition) is 1. The number of rotatable bonds is 4. The van der Waals surface area contributed by atoms with Gasteiger partial charge in [-0.25, -0.2) is 4.39 Å². The normalized spacial score (nSPS) is 10.1. The van der Waals surface area contributed by atoms with E-state index < -0.39 is 0 Å². The Bertz CT molecular complexity index is 531. The van der Waals surface area contributed by atoms with Crippen molar-refractivity contribution in [2.45, 2.75) is 13.1 Å².